The summed E-state index contributed by atoms with van der Waals surface area (Å²) in [5, 5.41) is 6.01. The Hall–Kier alpha value is -4.96. The number of carbonyl (C=O) groups excluding carboxylic acids is 1. The van der Waals surface area contributed by atoms with E-state index in [0.29, 0.717) is 43.9 Å². The predicted octanol–water partition coefficient (Wildman–Crippen LogP) is 8.57. The summed E-state index contributed by atoms with van der Waals surface area (Å²) in [4.78, 5) is 21.2. The van der Waals surface area contributed by atoms with Crippen molar-refractivity contribution in [1.29, 1.82) is 0 Å². The molecule has 2 saturated heterocycles. The first-order valence-corrected chi connectivity index (χ1v) is 18.8. The van der Waals surface area contributed by atoms with E-state index < -0.39 is 17.9 Å². The molecule has 0 aliphatic carbocycles. The first kappa shape index (κ1) is 36.4. The van der Waals surface area contributed by atoms with E-state index in [0.717, 1.165) is 65.8 Å². The minimum absolute atomic E-state index is 0.0741. The van der Waals surface area contributed by atoms with Crippen LogP contribution in [0.2, 0.25) is 0 Å². The van der Waals surface area contributed by atoms with Crippen LogP contribution in [0.5, 0.6) is 11.8 Å². The molecule has 0 unspecified atom stereocenters. The minimum atomic E-state index is -1.05. The van der Waals surface area contributed by atoms with Crippen LogP contribution in [0.3, 0.4) is 0 Å². The van der Waals surface area contributed by atoms with Gasteiger partial charge in [-0.3, -0.25) is 4.68 Å². The van der Waals surface area contributed by atoms with E-state index in [1.807, 2.05) is 105 Å². The number of pyridine rings is 1. The first-order chi connectivity index (χ1) is 25.6. The van der Waals surface area contributed by atoms with Crippen LogP contribution in [0.4, 0.5) is 9.18 Å². The van der Waals surface area contributed by atoms with E-state index in [-0.39, 0.29) is 12.5 Å². The maximum absolute atomic E-state index is 15.3. The third-order valence-electron chi connectivity index (χ3n) is 10.3. The second kappa shape index (κ2) is 16.0. The summed E-state index contributed by atoms with van der Waals surface area (Å²) >= 11 is 0. The number of piperidine rings is 2. The van der Waals surface area contributed by atoms with Gasteiger partial charge in [0.1, 0.15) is 30.7 Å². The average Bonchev–Trinajstić information content (AvgIpc) is 3.49. The lowest BCUT2D eigenvalue weighted by Gasteiger charge is -2.39. The summed E-state index contributed by atoms with van der Waals surface area (Å²) < 4.78 is 35.1. The molecule has 2 atom stereocenters. The van der Waals surface area contributed by atoms with Gasteiger partial charge in [0.25, 0.3) is 0 Å². The fourth-order valence-corrected chi connectivity index (χ4v) is 7.41. The highest BCUT2D eigenvalue weighted by atomic mass is 19.1. The number of likely N-dealkylation sites (tertiary alicyclic amines) is 2. The van der Waals surface area contributed by atoms with Gasteiger partial charge in [-0.15, -0.1) is 0 Å². The Morgan fingerprint density at radius 3 is 2.19 bits per heavy atom. The highest BCUT2D eigenvalue weighted by Crippen LogP contribution is 2.38. The van der Waals surface area contributed by atoms with Crippen molar-refractivity contribution in [1.82, 2.24) is 24.6 Å². The molecular formula is C43H50FN5O4. The summed E-state index contributed by atoms with van der Waals surface area (Å²) in [6, 6.07) is 30.6. The van der Waals surface area contributed by atoms with Crippen molar-refractivity contribution < 1.29 is 23.4 Å². The Balaban J connectivity index is 1.02. The molecular weight excluding hydrogens is 670 g/mol. The highest BCUT2D eigenvalue weighted by Gasteiger charge is 2.35. The molecule has 0 bridgehead atoms. The highest BCUT2D eigenvalue weighted by molar-refractivity contribution is 5.95. The molecule has 0 spiro atoms. The zero-order valence-electron chi connectivity index (χ0n) is 31.2. The Bertz CT molecular complexity index is 1990. The fraction of sp³-hybridized carbons (Fsp3) is 0.419. The molecule has 9 nitrogen and oxygen atoms in total. The number of fused-ring (bicyclic) bond motifs is 1. The molecule has 1 amide bonds. The lowest BCUT2D eigenvalue weighted by atomic mass is 9.87. The van der Waals surface area contributed by atoms with Gasteiger partial charge < -0.3 is 24.0 Å². The van der Waals surface area contributed by atoms with Crippen LogP contribution in [-0.2, 0) is 25.0 Å². The van der Waals surface area contributed by atoms with E-state index in [2.05, 4.69) is 23.1 Å². The summed E-state index contributed by atoms with van der Waals surface area (Å²) in [5.41, 5.74) is 5.49. The number of rotatable bonds is 10. The van der Waals surface area contributed by atoms with Crippen LogP contribution in [-0.4, -0.2) is 75.2 Å². The van der Waals surface area contributed by atoms with Crippen LogP contribution >= 0.6 is 0 Å². The monoisotopic (exact) mass is 719 g/mol. The van der Waals surface area contributed by atoms with Crippen LogP contribution in [0.1, 0.15) is 62.6 Å². The second-order valence-corrected chi connectivity index (χ2v) is 15.4. The molecule has 2 fully saturated rings. The average molecular weight is 720 g/mol. The van der Waals surface area contributed by atoms with Gasteiger partial charge in [-0.1, -0.05) is 72.8 Å². The fourth-order valence-electron chi connectivity index (χ4n) is 7.41. The van der Waals surface area contributed by atoms with Gasteiger partial charge >= 0.3 is 6.09 Å². The predicted molar refractivity (Wildman–Crippen MR) is 205 cm³/mol. The SMILES string of the molecule is Cn1nc(-c2ccc(OCc3ccccc3)nc2OCc2ccccc2)c2ccc(C3CCN(C[C@H]4CCN(C(=O)OC(C)(C)C)C[C@H]4F)CC3)cc21. The van der Waals surface area contributed by atoms with Gasteiger partial charge in [-0.05, 0) is 87.9 Å². The molecule has 10 heteroatoms. The number of ether oxygens (including phenoxy) is 3. The van der Waals surface area contributed by atoms with Gasteiger partial charge in [0.15, 0.2) is 0 Å². The van der Waals surface area contributed by atoms with Gasteiger partial charge in [-0.2, -0.15) is 10.1 Å². The molecule has 4 heterocycles. The van der Waals surface area contributed by atoms with Gasteiger partial charge in [0, 0.05) is 37.5 Å². The largest absolute Gasteiger partial charge is 0.473 e. The molecule has 5 aromatic rings. The van der Waals surface area contributed by atoms with Crippen LogP contribution < -0.4 is 9.47 Å². The smallest absolute Gasteiger partial charge is 0.410 e. The summed E-state index contributed by atoms with van der Waals surface area (Å²) in [5.74, 6) is 1.30. The quantitative estimate of drug-likeness (QED) is 0.143. The topological polar surface area (TPSA) is 82.0 Å². The second-order valence-electron chi connectivity index (χ2n) is 15.4. The Kier molecular flexibility index (Phi) is 11.0. The maximum atomic E-state index is 15.3. The number of aryl methyl sites for hydroxylation is 1. The van der Waals surface area contributed by atoms with E-state index in [4.69, 9.17) is 24.3 Å². The summed E-state index contributed by atoms with van der Waals surface area (Å²) in [6.07, 6.45) is 1.20. The Morgan fingerprint density at radius 2 is 1.53 bits per heavy atom. The number of aromatic nitrogens is 3. The molecule has 0 radical (unpaired) electrons. The van der Waals surface area contributed by atoms with Crippen molar-refractivity contribution in [2.45, 2.75) is 70.9 Å². The Labute approximate surface area is 311 Å². The summed E-state index contributed by atoms with van der Waals surface area (Å²) in [6.45, 7) is 9.48. The lowest BCUT2D eigenvalue weighted by Crippen LogP contribution is -2.50. The zero-order chi connectivity index (χ0) is 37.0. The Morgan fingerprint density at radius 1 is 0.849 bits per heavy atom. The number of halogens is 1. The molecule has 0 N–H and O–H groups in total. The van der Waals surface area contributed by atoms with E-state index in [1.54, 1.807) is 0 Å². The molecule has 2 aliphatic rings. The number of hydrogen-bond acceptors (Lipinski definition) is 7. The van der Waals surface area contributed by atoms with Crippen molar-refractivity contribution in [3.05, 3.63) is 108 Å². The van der Waals surface area contributed by atoms with Crippen molar-refractivity contribution >= 4 is 17.0 Å². The number of nitrogens with zero attached hydrogens (tertiary/aromatic N) is 5. The summed E-state index contributed by atoms with van der Waals surface area (Å²) in [7, 11) is 1.98. The van der Waals surface area contributed by atoms with Crippen LogP contribution in [0, 0.1) is 5.92 Å². The third-order valence-corrected chi connectivity index (χ3v) is 10.3. The number of amides is 1. The standard InChI is InChI=1S/C43H50FN5O4/c1-43(2,3)53-42(50)49-24-21-34(37(44)27-49)26-48-22-19-32(20-23-48)33-15-16-35-38(25-33)47(4)46-40(35)36-17-18-39(51-28-30-11-7-5-8-12-30)45-41(36)52-29-31-13-9-6-10-14-31/h5-18,25,32,34,37H,19-24,26-29H2,1-4H3/t34-,37-/m1/s1. The van der Waals surface area contributed by atoms with Crippen molar-refractivity contribution in [2.75, 3.05) is 32.7 Å². The van der Waals surface area contributed by atoms with Crippen molar-refractivity contribution in [2.24, 2.45) is 13.0 Å². The zero-order valence-corrected chi connectivity index (χ0v) is 31.2. The molecule has 7 rings (SSSR count). The number of carbonyl (C=O) groups is 1. The van der Waals surface area contributed by atoms with Gasteiger partial charge in [0.05, 0.1) is 17.6 Å². The van der Waals surface area contributed by atoms with E-state index in [9.17, 15) is 4.79 Å². The number of benzene rings is 3. The number of alkyl halides is 1. The third kappa shape index (κ3) is 8.99. The van der Waals surface area contributed by atoms with Crippen molar-refractivity contribution in [3.63, 3.8) is 0 Å². The van der Waals surface area contributed by atoms with E-state index in [1.165, 1.54) is 10.5 Å². The maximum Gasteiger partial charge on any atom is 0.410 e. The lowest BCUT2D eigenvalue weighted by molar-refractivity contribution is 0.000720. The molecule has 0 saturated carbocycles. The van der Waals surface area contributed by atoms with Crippen LogP contribution in [0.25, 0.3) is 22.2 Å². The number of hydrogen-bond donors (Lipinski definition) is 0. The van der Waals surface area contributed by atoms with E-state index >= 15 is 4.39 Å². The molecule has 2 aliphatic heterocycles. The van der Waals surface area contributed by atoms with Gasteiger partial charge in [-0.25, -0.2) is 9.18 Å². The molecule has 53 heavy (non-hydrogen) atoms. The van der Waals surface area contributed by atoms with Crippen LogP contribution in [0.15, 0.2) is 91.0 Å². The van der Waals surface area contributed by atoms with Crippen molar-refractivity contribution in [3.8, 4) is 23.0 Å². The molecule has 278 valence electrons. The molecule has 2 aromatic heterocycles. The van der Waals surface area contributed by atoms with Gasteiger partial charge in [0.2, 0.25) is 11.8 Å². The molecule has 3 aromatic carbocycles. The normalized spacial score (nSPS) is 18.6. The first-order valence-electron chi connectivity index (χ1n) is 18.8. The minimum Gasteiger partial charge on any atom is -0.473 e.